The lowest BCUT2D eigenvalue weighted by molar-refractivity contribution is -0.275. The van der Waals surface area contributed by atoms with E-state index in [4.69, 9.17) is 0 Å². The third-order valence-electron chi connectivity index (χ3n) is 5.55. The van der Waals surface area contributed by atoms with Crippen molar-refractivity contribution < 1.29 is 27.1 Å². The van der Waals surface area contributed by atoms with Gasteiger partial charge in [-0.05, 0) is 30.5 Å². The number of carbonyl (C=O) groups is 1. The maximum Gasteiger partial charge on any atom is 0.573 e. The highest BCUT2D eigenvalue weighted by Gasteiger charge is 2.32. The zero-order valence-electron chi connectivity index (χ0n) is 18.1. The third kappa shape index (κ3) is 6.08. The highest BCUT2D eigenvalue weighted by Crippen LogP contribution is 2.39. The number of alkyl halides is 3. The molecule has 1 aliphatic heterocycles. The van der Waals surface area contributed by atoms with E-state index in [9.17, 15) is 22.4 Å². The van der Waals surface area contributed by atoms with Gasteiger partial charge in [-0.25, -0.2) is 14.4 Å². The molecule has 14 heteroatoms. The fourth-order valence-corrected chi connectivity index (χ4v) is 4.60. The van der Waals surface area contributed by atoms with Crippen molar-refractivity contribution >= 4 is 45.1 Å². The van der Waals surface area contributed by atoms with Gasteiger partial charge < -0.3 is 20.3 Å². The first-order chi connectivity index (χ1) is 16.2. The van der Waals surface area contributed by atoms with Gasteiger partial charge in [0.2, 0.25) is 5.91 Å². The number of ether oxygens (including phenoxy) is 1. The number of anilines is 1. The van der Waals surface area contributed by atoms with Gasteiger partial charge in [-0.2, -0.15) is 4.98 Å². The average Bonchev–Trinajstić information content (AvgIpc) is 3.56. The van der Waals surface area contributed by atoms with Crippen molar-refractivity contribution in [3.8, 4) is 5.75 Å². The quantitative estimate of drug-likeness (QED) is 0.469. The lowest BCUT2D eigenvalue weighted by Gasteiger charge is -2.32. The van der Waals surface area contributed by atoms with Crippen LogP contribution < -0.4 is 20.3 Å². The average molecular weight is 533 g/mol. The Morgan fingerprint density at radius 3 is 2.80 bits per heavy atom. The Bertz CT molecular complexity index is 1220. The van der Waals surface area contributed by atoms with E-state index in [1.54, 1.807) is 6.20 Å². The molecule has 3 heterocycles. The third-order valence-corrected chi connectivity index (χ3v) is 6.59. The first-order valence-electron chi connectivity index (χ1n) is 10.7. The predicted molar refractivity (Wildman–Crippen MR) is 123 cm³/mol. The molecule has 0 unspecified atom stereocenters. The Kier molecular flexibility index (Phi) is 7.29. The molecule has 0 radical (unpaired) electrons. The number of nitrogens with one attached hydrogen (secondary N) is 2. The van der Waals surface area contributed by atoms with Crippen LogP contribution in [0.5, 0.6) is 5.75 Å². The van der Waals surface area contributed by atoms with E-state index in [0.29, 0.717) is 36.8 Å². The maximum atomic E-state index is 13.9. The predicted octanol–water partition coefficient (Wildman–Crippen LogP) is 3.52. The molecule has 1 aromatic carbocycles. The standard InChI is InChI=1S/C21H20F4N6O2S.ClH/c22-13-7-11(1-4-15(13)33-21(23,24)25)8-28-19(32)14-10-31(6-5-26-14)20-30-18-16(34-20)9-27-17(29-18)12-2-3-12;/h1,4,7,9,12,14,26H,2-3,5-6,8,10H2,(H,28,32);1H/t14-;/m1./s1. The molecule has 2 fully saturated rings. The highest BCUT2D eigenvalue weighted by molar-refractivity contribution is 7.22. The van der Waals surface area contributed by atoms with Crippen LogP contribution in [0.4, 0.5) is 22.7 Å². The fraction of sp³-hybridized carbons (Fsp3) is 0.429. The molecule has 8 nitrogen and oxygen atoms in total. The van der Waals surface area contributed by atoms with Gasteiger partial charge in [0, 0.05) is 32.1 Å². The van der Waals surface area contributed by atoms with Crippen molar-refractivity contribution in [3.05, 3.63) is 41.6 Å². The summed E-state index contributed by atoms with van der Waals surface area (Å²) in [6, 6.07) is 2.52. The molecule has 2 aliphatic rings. The molecule has 35 heavy (non-hydrogen) atoms. The summed E-state index contributed by atoms with van der Waals surface area (Å²) in [5.41, 5.74) is 0.973. The van der Waals surface area contributed by atoms with Crippen LogP contribution in [0.3, 0.4) is 0 Å². The molecule has 2 aromatic heterocycles. The minimum absolute atomic E-state index is 0. The Morgan fingerprint density at radius 1 is 1.29 bits per heavy atom. The summed E-state index contributed by atoms with van der Waals surface area (Å²) in [6.45, 7) is 1.56. The van der Waals surface area contributed by atoms with Gasteiger partial charge in [0.25, 0.3) is 0 Å². The summed E-state index contributed by atoms with van der Waals surface area (Å²) in [5.74, 6) is -1.12. The van der Waals surface area contributed by atoms with Crippen LogP contribution in [0.15, 0.2) is 24.4 Å². The number of piperazine rings is 1. The molecule has 3 aromatic rings. The van der Waals surface area contributed by atoms with Crippen LogP contribution in [0, 0.1) is 5.82 Å². The van der Waals surface area contributed by atoms with E-state index in [1.807, 2.05) is 4.90 Å². The molecule has 1 saturated heterocycles. The summed E-state index contributed by atoms with van der Waals surface area (Å²) < 4.78 is 55.2. The largest absolute Gasteiger partial charge is 0.573 e. The number of hydrogen-bond donors (Lipinski definition) is 2. The molecular formula is C21H21ClF4N6O2S. The number of thiazole rings is 1. The monoisotopic (exact) mass is 532 g/mol. The van der Waals surface area contributed by atoms with Gasteiger partial charge in [-0.3, -0.25) is 4.79 Å². The van der Waals surface area contributed by atoms with Gasteiger partial charge in [-0.1, -0.05) is 17.4 Å². The SMILES string of the molecule is Cl.O=C(NCc1ccc(OC(F)(F)F)c(F)c1)[C@H]1CN(c2nc3nc(C4CC4)ncc3s2)CCN1. The number of fused-ring (bicyclic) bond motifs is 1. The van der Waals surface area contributed by atoms with Gasteiger partial charge in [-0.15, -0.1) is 25.6 Å². The number of benzene rings is 1. The molecule has 0 bridgehead atoms. The number of rotatable bonds is 6. The molecule has 2 N–H and O–H groups in total. The van der Waals surface area contributed by atoms with Crippen LogP contribution in [0.2, 0.25) is 0 Å². The van der Waals surface area contributed by atoms with Crippen molar-refractivity contribution in [3.63, 3.8) is 0 Å². The molecule has 1 amide bonds. The molecule has 188 valence electrons. The zero-order chi connectivity index (χ0) is 23.9. The highest BCUT2D eigenvalue weighted by atomic mass is 35.5. The van der Waals surface area contributed by atoms with E-state index in [2.05, 4.69) is 30.3 Å². The maximum absolute atomic E-state index is 13.9. The van der Waals surface area contributed by atoms with Crippen molar-refractivity contribution in [2.24, 2.45) is 0 Å². The van der Waals surface area contributed by atoms with Crippen LogP contribution >= 0.6 is 23.7 Å². The van der Waals surface area contributed by atoms with Gasteiger partial charge in [0.1, 0.15) is 11.9 Å². The van der Waals surface area contributed by atoms with E-state index >= 15 is 0 Å². The molecule has 1 aliphatic carbocycles. The Labute approximate surface area is 207 Å². The normalized spacial score (nSPS) is 18.3. The summed E-state index contributed by atoms with van der Waals surface area (Å²) in [5, 5.41) is 6.60. The summed E-state index contributed by atoms with van der Waals surface area (Å²) in [4.78, 5) is 28.3. The van der Waals surface area contributed by atoms with Crippen LogP contribution in [0.25, 0.3) is 10.3 Å². The Hall–Kier alpha value is -2.77. The molecule has 0 spiro atoms. The summed E-state index contributed by atoms with van der Waals surface area (Å²) in [6.07, 6.45) is -0.970. The number of halogens is 5. The molecule has 5 rings (SSSR count). The summed E-state index contributed by atoms with van der Waals surface area (Å²) >= 11 is 1.47. The van der Waals surface area contributed by atoms with Crippen LogP contribution in [0.1, 0.15) is 30.1 Å². The van der Waals surface area contributed by atoms with E-state index in [0.717, 1.165) is 40.6 Å². The minimum atomic E-state index is -4.98. The van der Waals surface area contributed by atoms with Gasteiger partial charge in [0.15, 0.2) is 22.3 Å². The first kappa shape index (κ1) is 25.3. The number of nitrogens with zero attached hydrogens (tertiary/aromatic N) is 4. The van der Waals surface area contributed by atoms with E-state index in [1.165, 1.54) is 17.4 Å². The molecule has 1 saturated carbocycles. The van der Waals surface area contributed by atoms with Crippen molar-refractivity contribution in [2.45, 2.75) is 37.7 Å². The lowest BCUT2D eigenvalue weighted by Crippen LogP contribution is -2.57. The lowest BCUT2D eigenvalue weighted by atomic mass is 10.1. The molecular weight excluding hydrogens is 512 g/mol. The fourth-order valence-electron chi connectivity index (χ4n) is 3.69. The number of carbonyl (C=O) groups excluding carboxylic acids is 1. The number of aromatic nitrogens is 3. The second-order valence-electron chi connectivity index (χ2n) is 8.17. The van der Waals surface area contributed by atoms with Crippen LogP contribution in [-0.4, -0.2) is 52.9 Å². The van der Waals surface area contributed by atoms with Crippen molar-refractivity contribution in [1.82, 2.24) is 25.6 Å². The smallest absolute Gasteiger partial charge is 0.403 e. The topological polar surface area (TPSA) is 92.3 Å². The van der Waals surface area contributed by atoms with E-state index in [-0.39, 0.29) is 24.9 Å². The number of hydrogen-bond acceptors (Lipinski definition) is 8. The minimum Gasteiger partial charge on any atom is -0.403 e. The van der Waals surface area contributed by atoms with E-state index < -0.39 is 24.0 Å². The summed E-state index contributed by atoms with van der Waals surface area (Å²) in [7, 11) is 0. The van der Waals surface area contributed by atoms with Gasteiger partial charge in [0.05, 0.1) is 10.9 Å². The molecule has 1 atom stereocenters. The van der Waals surface area contributed by atoms with Crippen molar-refractivity contribution in [1.29, 1.82) is 0 Å². The Morgan fingerprint density at radius 2 is 2.09 bits per heavy atom. The Balaban J connectivity index is 0.00000289. The second-order valence-corrected chi connectivity index (χ2v) is 9.18. The zero-order valence-corrected chi connectivity index (χ0v) is 19.8. The first-order valence-corrected chi connectivity index (χ1v) is 11.5. The second kappa shape index (κ2) is 10.1. The van der Waals surface area contributed by atoms with Crippen molar-refractivity contribution in [2.75, 3.05) is 24.5 Å². The van der Waals surface area contributed by atoms with Gasteiger partial charge >= 0.3 is 6.36 Å². The van der Waals surface area contributed by atoms with Crippen LogP contribution in [-0.2, 0) is 11.3 Å². The number of amides is 1.